The zero-order chi connectivity index (χ0) is 21.8. The van der Waals surface area contributed by atoms with Crippen LogP contribution in [0.15, 0.2) is 36.7 Å². The van der Waals surface area contributed by atoms with Crippen LogP contribution in [0.3, 0.4) is 0 Å². The molecule has 1 aliphatic rings. The van der Waals surface area contributed by atoms with Crippen LogP contribution in [-0.2, 0) is 0 Å². The third kappa shape index (κ3) is 27.0. The molecule has 1 rings (SSSR count). The van der Waals surface area contributed by atoms with Gasteiger partial charge in [0.05, 0.1) is 0 Å². The monoisotopic (exact) mass is 417 g/mol. The number of hydrogen-bond donors (Lipinski definition) is 1. The second-order valence-electron chi connectivity index (χ2n) is 8.99. The van der Waals surface area contributed by atoms with E-state index in [-0.39, 0.29) is 0 Å². The quantitative estimate of drug-likeness (QED) is 0.194. The molecule has 0 amide bonds. The van der Waals surface area contributed by atoms with Gasteiger partial charge < -0.3 is 5.32 Å². The number of nitrogens with one attached hydrogen (secondary N) is 1. The fourth-order valence-electron chi connectivity index (χ4n) is 3.91. The van der Waals surface area contributed by atoms with Crippen molar-refractivity contribution >= 4 is 0 Å². The Morgan fingerprint density at radius 1 is 0.333 bits per heavy atom. The zero-order valence-corrected chi connectivity index (χ0v) is 20.8. The molecular formula is C29H55N. The number of rotatable bonds is 20. The van der Waals surface area contributed by atoms with Crippen LogP contribution in [-0.4, -0.2) is 0 Å². The summed E-state index contributed by atoms with van der Waals surface area (Å²) in [6, 6.07) is 0. The molecule has 0 saturated carbocycles. The lowest BCUT2D eigenvalue weighted by atomic mass is 10.0. The van der Waals surface area contributed by atoms with Crippen LogP contribution in [0.4, 0.5) is 0 Å². The topological polar surface area (TPSA) is 12.0 Å². The number of allylic oxidation sites excluding steroid dienone is 4. The molecule has 0 atom stereocenters. The standard InChI is InChI=1S/C23H48.C6H7N/c1-3-5-7-9-11-13-15-17-19-21-23-22-20-18-16-14-12-10-8-6-4-2;1-2-4-6-7-5-3-1/h3-23H2,1-2H3;1-7H. The summed E-state index contributed by atoms with van der Waals surface area (Å²) in [5, 5.41) is 2.92. The van der Waals surface area contributed by atoms with E-state index >= 15 is 0 Å². The Morgan fingerprint density at radius 2 is 0.567 bits per heavy atom. The summed E-state index contributed by atoms with van der Waals surface area (Å²) in [5.74, 6) is 0. The van der Waals surface area contributed by atoms with Crippen LogP contribution in [0.2, 0.25) is 0 Å². The Labute approximate surface area is 190 Å². The highest BCUT2D eigenvalue weighted by molar-refractivity contribution is 5.14. The van der Waals surface area contributed by atoms with Gasteiger partial charge in [0.2, 0.25) is 0 Å². The van der Waals surface area contributed by atoms with Gasteiger partial charge in [-0.25, -0.2) is 0 Å². The summed E-state index contributed by atoms with van der Waals surface area (Å²) in [6.07, 6.45) is 42.5. The predicted molar refractivity (Wildman–Crippen MR) is 139 cm³/mol. The largest absolute Gasteiger partial charge is 0.368 e. The Hall–Kier alpha value is -0.980. The van der Waals surface area contributed by atoms with Gasteiger partial charge in [-0.3, -0.25) is 0 Å². The van der Waals surface area contributed by atoms with E-state index in [1.54, 1.807) is 0 Å². The van der Waals surface area contributed by atoms with Crippen molar-refractivity contribution < 1.29 is 0 Å². The molecule has 0 saturated heterocycles. The second-order valence-corrected chi connectivity index (χ2v) is 8.99. The third-order valence-corrected chi connectivity index (χ3v) is 5.93. The highest BCUT2D eigenvalue weighted by Crippen LogP contribution is 2.14. The van der Waals surface area contributed by atoms with Crippen molar-refractivity contribution in [2.24, 2.45) is 0 Å². The maximum Gasteiger partial charge on any atom is 0.000442 e. The second kappa shape index (κ2) is 28.0. The molecule has 1 heterocycles. The molecule has 0 radical (unpaired) electrons. The van der Waals surface area contributed by atoms with Gasteiger partial charge in [0.15, 0.2) is 0 Å². The van der Waals surface area contributed by atoms with Crippen molar-refractivity contribution in [1.82, 2.24) is 5.32 Å². The van der Waals surface area contributed by atoms with Crippen molar-refractivity contribution in [3.8, 4) is 0 Å². The minimum absolute atomic E-state index is 1.37. The molecule has 0 aromatic rings. The average Bonchev–Trinajstić information content (AvgIpc) is 3.09. The fourth-order valence-corrected chi connectivity index (χ4v) is 3.91. The van der Waals surface area contributed by atoms with Crippen molar-refractivity contribution in [2.45, 2.75) is 149 Å². The summed E-state index contributed by atoms with van der Waals surface area (Å²) in [4.78, 5) is 0. The molecule has 1 heteroatoms. The van der Waals surface area contributed by atoms with E-state index in [0.29, 0.717) is 0 Å². The normalized spacial score (nSPS) is 12.3. The summed E-state index contributed by atoms with van der Waals surface area (Å²) in [6.45, 7) is 4.60. The lowest BCUT2D eigenvalue weighted by Crippen LogP contribution is -1.87. The first kappa shape index (κ1) is 29.0. The average molecular weight is 418 g/mol. The lowest BCUT2D eigenvalue weighted by molar-refractivity contribution is 0.521. The van der Waals surface area contributed by atoms with Crippen LogP contribution in [0.25, 0.3) is 0 Å². The van der Waals surface area contributed by atoms with Crippen molar-refractivity contribution in [2.75, 3.05) is 0 Å². The van der Waals surface area contributed by atoms with Gasteiger partial charge in [-0.05, 0) is 12.2 Å². The van der Waals surface area contributed by atoms with E-state index in [4.69, 9.17) is 0 Å². The molecule has 0 spiro atoms. The first-order valence-electron chi connectivity index (χ1n) is 13.7. The SMILES string of the molecule is C1=CC=CNC=C1.CCCCCCCCCCCCCCCCCCCCCCC. The van der Waals surface area contributed by atoms with E-state index in [1.165, 1.54) is 135 Å². The number of hydrogen-bond acceptors (Lipinski definition) is 1. The van der Waals surface area contributed by atoms with Crippen LogP contribution in [0.1, 0.15) is 149 Å². The molecule has 0 unspecified atom stereocenters. The van der Waals surface area contributed by atoms with E-state index in [9.17, 15) is 0 Å². The Kier molecular flexibility index (Phi) is 27.1. The summed E-state index contributed by atoms with van der Waals surface area (Å²) in [7, 11) is 0. The van der Waals surface area contributed by atoms with Gasteiger partial charge in [0, 0.05) is 12.4 Å². The first-order chi connectivity index (χ1) is 14.9. The van der Waals surface area contributed by atoms with Gasteiger partial charge in [-0.15, -0.1) is 0 Å². The van der Waals surface area contributed by atoms with Crippen molar-refractivity contribution in [3.05, 3.63) is 36.7 Å². The smallest absolute Gasteiger partial charge is 0.000442 e. The first-order valence-corrected chi connectivity index (χ1v) is 13.7. The van der Waals surface area contributed by atoms with Gasteiger partial charge in [-0.1, -0.05) is 161 Å². The molecule has 176 valence electrons. The third-order valence-electron chi connectivity index (χ3n) is 5.93. The minimum Gasteiger partial charge on any atom is -0.368 e. The van der Waals surface area contributed by atoms with Crippen LogP contribution in [0, 0.1) is 0 Å². The summed E-state index contributed by atoms with van der Waals surface area (Å²) < 4.78 is 0. The van der Waals surface area contributed by atoms with E-state index in [1.807, 2.05) is 36.7 Å². The molecule has 1 N–H and O–H groups in total. The number of unbranched alkanes of at least 4 members (excludes halogenated alkanes) is 20. The molecule has 0 aromatic carbocycles. The minimum atomic E-state index is 1.37. The highest BCUT2D eigenvalue weighted by atomic mass is 14.8. The highest BCUT2D eigenvalue weighted by Gasteiger charge is 1.95. The van der Waals surface area contributed by atoms with Crippen LogP contribution >= 0.6 is 0 Å². The summed E-state index contributed by atoms with van der Waals surface area (Å²) >= 11 is 0. The molecule has 0 bridgehead atoms. The molecule has 1 nitrogen and oxygen atoms in total. The Bertz CT molecular complexity index is 346. The molecule has 0 aromatic heterocycles. The predicted octanol–water partition coefficient (Wildman–Crippen LogP) is 10.4. The summed E-state index contributed by atoms with van der Waals surface area (Å²) in [5.41, 5.74) is 0. The van der Waals surface area contributed by atoms with E-state index in [2.05, 4.69) is 19.2 Å². The van der Waals surface area contributed by atoms with E-state index in [0.717, 1.165) is 0 Å². The molecule has 30 heavy (non-hydrogen) atoms. The van der Waals surface area contributed by atoms with Gasteiger partial charge in [0.25, 0.3) is 0 Å². The molecule has 0 fully saturated rings. The van der Waals surface area contributed by atoms with Gasteiger partial charge in [0.1, 0.15) is 0 Å². The van der Waals surface area contributed by atoms with Crippen LogP contribution in [0.5, 0.6) is 0 Å². The maximum atomic E-state index is 2.92. The van der Waals surface area contributed by atoms with Gasteiger partial charge in [-0.2, -0.15) is 0 Å². The molecule has 0 aliphatic carbocycles. The Balaban J connectivity index is 0.000001000. The molecule has 1 aliphatic heterocycles. The van der Waals surface area contributed by atoms with Crippen LogP contribution < -0.4 is 5.32 Å². The fraction of sp³-hybridized carbons (Fsp3) is 0.793. The van der Waals surface area contributed by atoms with E-state index < -0.39 is 0 Å². The lowest BCUT2D eigenvalue weighted by Gasteiger charge is -2.04. The van der Waals surface area contributed by atoms with Crippen molar-refractivity contribution in [1.29, 1.82) is 0 Å². The molecular weight excluding hydrogens is 362 g/mol. The Morgan fingerprint density at radius 3 is 0.800 bits per heavy atom. The van der Waals surface area contributed by atoms with Crippen molar-refractivity contribution in [3.63, 3.8) is 0 Å². The zero-order valence-electron chi connectivity index (χ0n) is 20.8. The van der Waals surface area contributed by atoms with Gasteiger partial charge >= 0.3 is 0 Å². The maximum absolute atomic E-state index is 2.92.